The van der Waals surface area contributed by atoms with Crippen molar-refractivity contribution in [2.45, 2.75) is 45.7 Å². The number of aliphatic imine (C=N–C) groups is 1. The Morgan fingerprint density at radius 1 is 1.16 bits per heavy atom. The van der Waals surface area contributed by atoms with Gasteiger partial charge in [-0.15, -0.1) is 35.3 Å². The minimum Gasteiger partial charge on any atom is -0.379 e. The lowest BCUT2D eigenvalue weighted by Gasteiger charge is -2.27. The Morgan fingerprint density at radius 3 is 2.52 bits per heavy atom. The quantitative estimate of drug-likeness (QED) is 0.308. The first kappa shape index (κ1) is 26.0. The van der Waals surface area contributed by atoms with E-state index in [4.69, 9.17) is 9.72 Å². The molecule has 0 aliphatic carbocycles. The van der Waals surface area contributed by atoms with Crippen LogP contribution in [0.3, 0.4) is 0 Å². The minimum atomic E-state index is 0. The Balaban J connectivity index is 0.00000341. The zero-order valence-electron chi connectivity index (χ0n) is 19.1. The lowest BCUT2D eigenvalue weighted by atomic mass is 9.93. The molecule has 6 nitrogen and oxygen atoms in total. The van der Waals surface area contributed by atoms with Gasteiger partial charge in [-0.3, -0.25) is 9.89 Å². The standard InChI is InChI=1S/C23H35N5OS.HI/c1-23(2,3)20-17-30-21(27-20)9-10-25-22(24-4)26-15-18-7-5-6-8-19(18)16-28-11-13-29-14-12-28;/h5-8,17H,9-16H2,1-4H3,(H2,24,25,26);1H. The molecule has 31 heavy (non-hydrogen) atoms. The zero-order chi connectivity index (χ0) is 21.4. The number of aromatic nitrogens is 1. The molecule has 0 atom stereocenters. The molecule has 1 aliphatic rings. The molecule has 1 aromatic heterocycles. The number of halogens is 1. The molecule has 8 heteroatoms. The molecule has 0 saturated carbocycles. The number of rotatable bonds is 7. The molecule has 0 spiro atoms. The van der Waals surface area contributed by atoms with Gasteiger partial charge in [-0.2, -0.15) is 0 Å². The second kappa shape index (κ2) is 12.7. The van der Waals surface area contributed by atoms with Crippen molar-refractivity contribution in [3.63, 3.8) is 0 Å². The lowest BCUT2D eigenvalue weighted by molar-refractivity contribution is 0.0341. The van der Waals surface area contributed by atoms with E-state index in [0.29, 0.717) is 0 Å². The number of morpholine rings is 1. The number of nitrogens with one attached hydrogen (secondary N) is 2. The van der Waals surface area contributed by atoms with Gasteiger partial charge in [-0.05, 0) is 11.1 Å². The van der Waals surface area contributed by atoms with Crippen LogP contribution in [0.5, 0.6) is 0 Å². The predicted molar refractivity (Wildman–Crippen MR) is 141 cm³/mol. The first-order valence-electron chi connectivity index (χ1n) is 10.7. The molecule has 3 rings (SSSR count). The average Bonchev–Trinajstić information content (AvgIpc) is 3.22. The molecule has 0 radical (unpaired) electrons. The number of thiazole rings is 1. The van der Waals surface area contributed by atoms with Gasteiger partial charge in [0.15, 0.2) is 5.96 Å². The van der Waals surface area contributed by atoms with E-state index < -0.39 is 0 Å². The van der Waals surface area contributed by atoms with Crippen molar-refractivity contribution in [2.24, 2.45) is 4.99 Å². The van der Waals surface area contributed by atoms with Crippen molar-refractivity contribution in [1.82, 2.24) is 20.5 Å². The lowest BCUT2D eigenvalue weighted by Crippen LogP contribution is -2.38. The van der Waals surface area contributed by atoms with Gasteiger partial charge in [0.2, 0.25) is 0 Å². The molecule has 1 saturated heterocycles. The van der Waals surface area contributed by atoms with Crippen molar-refractivity contribution in [3.05, 3.63) is 51.5 Å². The van der Waals surface area contributed by atoms with Crippen molar-refractivity contribution in [3.8, 4) is 0 Å². The summed E-state index contributed by atoms with van der Waals surface area (Å²) in [5, 5.41) is 10.2. The van der Waals surface area contributed by atoms with Crippen LogP contribution in [0.2, 0.25) is 0 Å². The van der Waals surface area contributed by atoms with Gasteiger partial charge in [-0.25, -0.2) is 4.98 Å². The van der Waals surface area contributed by atoms with Gasteiger partial charge in [0.25, 0.3) is 0 Å². The maximum atomic E-state index is 5.47. The molecule has 1 fully saturated rings. The number of guanidine groups is 1. The molecule has 1 aliphatic heterocycles. The SMILES string of the molecule is CN=C(NCCc1nc(C(C)(C)C)cs1)NCc1ccccc1CN1CCOCC1.I. The van der Waals surface area contributed by atoms with E-state index in [1.165, 1.54) is 21.8 Å². The molecule has 2 N–H and O–H groups in total. The van der Waals surface area contributed by atoms with Crippen LogP contribution in [-0.2, 0) is 29.7 Å². The smallest absolute Gasteiger partial charge is 0.191 e. The Labute approximate surface area is 207 Å². The molecule has 0 unspecified atom stereocenters. The Morgan fingerprint density at radius 2 is 1.87 bits per heavy atom. The molecule has 2 heterocycles. The Bertz CT molecular complexity index is 827. The van der Waals surface area contributed by atoms with Gasteiger partial charge < -0.3 is 15.4 Å². The molecule has 0 amide bonds. The largest absolute Gasteiger partial charge is 0.379 e. The van der Waals surface area contributed by atoms with Crippen LogP contribution in [0.4, 0.5) is 0 Å². The van der Waals surface area contributed by atoms with Crippen LogP contribution < -0.4 is 10.6 Å². The number of hydrogen-bond donors (Lipinski definition) is 2. The predicted octanol–water partition coefficient (Wildman–Crippen LogP) is 3.80. The molecule has 0 bridgehead atoms. The molecular weight excluding hydrogens is 521 g/mol. The van der Waals surface area contributed by atoms with Gasteiger partial charge in [0, 0.05) is 57.0 Å². The van der Waals surface area contributed by atoms with E-state index in [1.807, 2.05) is 7.05 Å². The highest BCUT2D eigenvalue weighted by molar-refractivity contribution is 14.0. The number of nitrogens with zero attached hydrogens (tertiary/aromatic N) is 3. The second-order valence-electron chi connectivity index (χ2n) is 8.64. The summed E-state index contributed by atoms with van der Waals surface area (Å²) in [6.07, 6.45) is 0.898. The summed E-state index contributed by atoms with van der Waals surface area (Å²) in [5.41, 5.74) is 3.94. The highest BCUT2D eigenvalue weighted by Gasteiger charge is 2.17. The molecule has 2 aromatic rings. The van der Waals surface area contributed by atoms with Crippen LogP contribution in [0, 0.1) is 0 Å². The first-order chi connectivity index (χ1) is 14.5. The van der Waals surface area contributed by atoms with Crippen molar-refractivity contribution < 1.29 is 4.74 Å². The van der Waals surface area contributed by atoms with Crippen LogP contribution >= 0.6 is 35.3 Å². The maximum absolute atomic E-state index is 5.47. The van der Waals surface area contributed by atoms with Gasteiger partial charge in [0.05, 0.1) is 23.9 Å². The van der Waals surface area contributed by atoms with E-state index in [1.54, 1.807) is 11.3 Å². The summed E-state index contributed by atoms with van der Waals surface area (Å²) in [5.74, 6) is 0.823. The van der Waals surface area contributed by atoms with E-state index in [9.17, 15) is 0 Å². The summed E-state index contributed by atoms with van der Waals surface area (Å²) in [6, 6.07) is 8.63. The summed E-state index contributed by atoms with van der Waals surface area (Å²) in [7, 11) is 1.82. The number of ether oxygens (including phenoxy) is 1. The second-order valence-corrected chi connectivity index (χ2v) is 9.58. The van der Waals surface area contributed by atoms with Gasteiger partial charge in [-0.1, -0.05) is 45.0 Å². The van der Waals surface area contributed by atoms with Crippen molar-refractivity contribution in [2.75, 3.05) is 39.9 Å². The first-order valence-corrected chi connectivity index (χ1v) is 11.6. The van der Waals surface area contributed by atoms with Crippen LogP contribution in [-0.4, -0.2) is 55.7 Å². The number of benzene rings is 1. The van der Waals surface area contributed by atoms with Crippen LogP contribution in [0.25, 0.3) is 0 Å². The Kier molecular flexibility index (Phi) is 10.7. The van der Waals surface area contributed by atoms with Crippen molar-refractivity contribution >= 4 is 41.3 Å². The van der Waals surface area contributed by atoms with Crippen molar-refractivity contribution in [1.29, 1.82) is 0 Å². The summed E-state index contributed by atoms with van der Waals surface area (Å²) < 4.78 is 5.47. The third kappa shape index (κ3) is 8.32. The summed E-state index contributed by atoms with van der Waals surface area (Å²) in [4.78, 5) is 11.6. The van der Waals surface area contributed by atoms with Crippen LogP contribution in [0.1, 0.15) is 42.6 Å². The van der Waals surface area contributed by atoms with E-state index in [0.717, 1.165) is 58.3 Å². The van der Waals surface area contributed by atoms with Gasteiger partial charge >= 0.3 is 0 Å². The molecular formula is C23H36IN5OS. The fraction of sp³-hybridized carbons (Fsp3) is 0.565. The maximum Gasteiger partial charge on any atom is 0.191 e. The minimum absolute atomic E-state index is 0. The third-order valence-corrected chi connectivity index (χ3v) is 6.15. The van der Waals surface area contributed by atoms with E-state index in [-0.39, 0.29) is 29.4 Å². The Hall–Kier alpha value is -1.23. The fourth-order valence-electron chi connectivity index (χ4n) is 3.34. The topological polar surface area (TPSA) is 61.8 Å². The van der Waals surface area contributed by atoms with Gasteiger partial charge in [0.1, 0.15) is 0 Å². The van der Waals surface area contributed by atoms with Crippen LogP contribution in [0.15, 0.2) is 34.6 Å². The average molecular weight is 558 g/mol. The normalized spacial score (nSPS) is 15.4. The monoisotopic (exact) mass is 557 g/mol. The molecule has 1 aromatic carbocycles. The third-order valence-electron chi connectivity index (χ3n) is 5.24. The van der Waals surface area contributed by atoms with E-state index >= 15 is 0 Å². The highest BCUT2D eigenvalue weighted by Crippen LogP contribution is 2.23. The fourth-order valence-corrected chi connectivity index (χ4v) is 4.37. The summed E-state index contributed by atoms with van der Waals surface area (Å²) >= 11 is 1.74. The highest BCUT2D eigenvalue weighted by atomic mass is 127. The summed E-state index contributed by atoms with van der Waals surface area (Å²) in [6.45, 7) is 12.8. The zero-order valence-corrected chi connectivity index (χ0v) is 22.3. The molecule has 172 valence electrons. The number of hydrogen-bond acceptors (Lipinski definition) is 5. The van der Waals surface area contributed by atoms with E-state index in [2.05, 4.69) is 70.9 Å².